The number of aromatic hydroxyl groups is 1. The second-order valence-electron chi connectivity index (χ2n) is 3.00. The molecule has 4 heteroatoms. The molecule has 0 spiro atoms. The molecule has 0 bridgehead atoms. The van der Waals surface area contributed by atoms with E-state index in [9.17, 15) is 9.59 Å². The van der Waals surface area contributed by atoms with Gasteiger partial charge in [0.25, 0.3) is 0 Å². The van der Waals surface area contributed by atoms with E-state index in [1.54, 1.807) is 18.2 Å². The number of carbonyl (C=O) groups excluding carboxylic acids is 2. The Balaban J connectivity index is 2.89. The Bertz CT molecular complexity index is 410. The Labute approximate surface area is 87.0 Å². The van der Waals surface area contributed by atoms with Crippen LogP contribution in [0.15, 0.2) is 24.3 Å². The fourth-order valence-corrected chi connectivity index (χ4v) is 1.12. The van der Waals surface area contributed by atoms with Crippen molar-refractivity contribution < 1.29 is 14.7 Å². The quantitative estimate of drug-likeness (QED) is 0.722. The Morgan fingerprint density at radius 3 is 2.73 bits per heavy atom. The van der Waals surface area contributed by atoms with E-state index in [4.69, 9.17) is 10.8 Å². The zero-order chi connectivity index (χ0) is 11.3. The molecule has 0 fully saturated rings. The minimum Gasteiger partial charge on any atom is -0.508 e. The van der Waals surface area contributed by atoms with E-state index in [2.05, 4.69) is 0 Å². The van der Waals surface area contributed by atoms with Gasteiger partial charge in [-0.25, -0.2) is 0 Å². The molecule has 0 radical (unpaired) electrons. The molecule has 78 valence electrons. The largest absolute Gasteiger partial charge is 0.508 e. The average molecular weight is 205 g/mol. The monoisotopic (exact) mass is 205 g/mol. The summed E-state index contributed by atoms with van der Waals surface area (Å²) < 4.78 is 0. The van der Waals surface area contributed by atoms with Crippen molar-refractivity contribution >= 4 is 18.3 Å². The van der Waals surface area contributed by atoms with Gasteiger partial charge in [-0.05, 0) is 17.7 Å². The zero-order valence-electron chi connectivity index (χ0n) is 8.01. The SMILES string of the molecule is NC(=O)CC=Cc1ccc(O)cc1C=O. The summed E-state index contributed by atoms with van der Waals surface area (Å²) in [6, 6.07) is 4.42. The Kier molecular flexibility index (Phi) is 3.62. The number of rotatable bonds is 4. The van der Waals surface area contributed by atoms with Crippen LogP contribution in [0.4, 0.5) is 0 Å². The molecule has 1 rings (SSSR count). The molecule has 0 aromatic heterocycles. The van der Waals surface area contributed by atoms with Gasteiger partial charge < -0.3 is 10.8 Å². The van der Waals surface area contributed by atoms with Crippen LogP contribution in [0, 0.1) is 0 Å². The standard InChI is InChI=1S/C11H11NO3/c12-11(15)3-1-2-8-4-5-10(14)6-9(8)7-13/h1-2,4-7,14H,3H2,(H2,12,15). The third-order valence-electron chi connectivity index (χ3n) is 1.81. The van der Waals surface area contributed by atoms with E-state index in [-0.39, 0.29) is 12.2 Å². The highest BCUT2D eigenvalue weighted by Gasteiger charge is 1.99. The van der Waals surface area contributed by atoms with Crippen LogP contribution in [0.25, 0.3) is 6.08 Å². The van der Waals surface area contributed by atoms with Gasteiger partial charge in [-0.15, -0.1) is 0 Å². The van der Waals surface area contributed by atoms with Crippen molar-refractivity contribution in [1.82, 2.24) is 0 Å². The van der Waals surface area contributed by atoms with Crippen molar-refractivity contribution in [2.24, 2.45) is 5.73 Å². The molecule has 0 aliphatic rings. The van der Waals surface area contributed by atoms with E-state index in [0.717, 1.165) is 0 Å². The Morgan fingerprint density at radius 1 is 1.40 bits per heavy atom. The first-order valence-electron chi connectivity index (χ1n) is 4.36. The fraction of sp³-hybridized carbons (Fsp3) is 0.0909. The van der Waals surface area contributed by atoms with Gasteiger partial charge in [-0.2, -0.15) is 0 Å². The van der Waals surface area contributed by atoms with Crippen LogP contribution >= 0.6 is 0 Å². The highest BCUT2D eigenvalue weighted by Crippen LogP contribution is 2.16. The molecule has 0 saturated heterocycles. The van der Waals surface area contributed by atoms with Crippen LogP contribution in [0.1, 0.15) is 22.3 Å². The summed E-state index contributed by atoms with van der Waals surface area (Å²) in [5.41, 5.74) is 5.97. The normalized spacial score (nSPS) is 10.4. The average Bonchev–Trinajstić information content (AvgIpc) is 2.19. The summed E-state index contributed by atoms with van der Waals surface area (Å²) in [6.45, 7) is 0. The summed E-state index contributed by atoms with van der Waals surface area (Å²) >= 11 is 0. The van der Waals surface area contributed by atoms with E-state index in [0.29, 0.717) is 17.4 Å². The second-order valence-corrected chi connectivity index (χ2v) is 3.00. The minimum absolute atomic E-state index is 0.0316. The van der Waals surface area contributed by atoms with Crippen molar-refractivity contribution in [3.8, 4) is 5.75 Å². The first-order valence-corrected chi connectivity index (χ1v) is 4.36. The third-order valence-corrected chi connectivity index (χ3v) is 1.81. The lowest BCUT2D eigenvalue weighted by Crippen LogP contribution is -2.07. The van der Waals surface area contributed by atoms with Crippen LogP contribution in [-0.2, 0) is 4.79 Å². The van der Waals surface area contributed by atoms with Crippen molar-refractivity contribution in [1.29, 1.82) is 0 Å². The molecule has 0 unspecified atom stereocenters. The summed E-state index contributed by atoms with van der Waals surface area (Å²) in [5.74, 6) is -0.401. The van der Waals surface area contributed by atoms with Gasteiger partial charge in [-0.3, -0.25) is 9.59 Å². The molecule has 0 saturated carbocycles. The minimum atomic E-state index is -0.433. The molecule has 3 N–H and O–H groups in total. The molecule has 0 atom stereocenters. The predicted molar refractivity (Wildman–Crippen MR) is 56.3 cm³/mol. The number of phenolic OH excluding ortho intramolecular Hbond substituents is 1. The van der Waals surface area contributed by atoms with Gasteiger partial charge in [-0.1, -0.05) is 18.2 Å². The number of hydrogen-bond donors (Lipinski definition) is 2. The van der Waals surface area contributed by atoms with E-state index < -0.39 is 5.91 Å². The lowest BCUT2D eigenvalue weighted by Gasteiger charge is -1.99. The molecule has 0 aliphatic heterocycles. The zero-order valence-corrected chi connectivity index (χ0v) is 8.01. The van der Waals surface area contributed by atoms with Crippen molar-refractivity contribution in [3.05, 3.63) is 35.4 Å². The topological polar surface area (TPSA) is 80.4 Å². The summed E-state index contributed by atoms with van der Waals surface area (Å²) in [4.78, 5) is 21.1. The number of nitrogens with two attached hydrogens (primary N) is 1. The van der Waals surface area contributed by atoms with Gasteiger partial charge in [0.1, 0.15) is 5.75 Å². The molecule has 1 aromatic rings. The van der Waals surface area contributed by atoms with Crippen LogP contribution in [-0.4, -0.2) is 17.3 Å². The maximum Gasteiger partial charge on any atom is 0.221 e. The summed E-state index contributed by atoms with van der Waals surface area (Å²) in [7, 11) is 0. The van der Waals surface area contributed by atoms with Crippen LogP contribution in [0.5, 0.6) is 5.75 Å². The number of benzene rings is 1. The van der Waals surface area contributed by atoms with E-state index in [1.807, 2.05) is 0 Å². The lowest BCUT2D eigenvalue weighted by atomic mass is 10.1. The molecule has 4 nitrogen and oxygen atoms in total. The highest BCUT2D eigenvalue weighted by atomic mass is 16.3. The Morgan fingerprint density at radius 2 is 2.13 bits per heavy atom. The Hall–Kier alpha value is -2.10. The van der Waals surface area contributed by atoms with Gasteiger partial charge in [0.15, 0.2) is 6.29 Å². The molecular formula is C11H11NO3. The van der Waals surface area contributed by atoms with Crippen LogP contribution in [0.3, 0.4) is 0 Å². The number of hydrogen-bond acceptors (Lipinski definition) is 3. The number of amides is 1. The number of primary amides is 1. The maximum absolute atomic E-state index is 10.6. The molecular weight excluding hydrogens is 194 g/mol. The third kappa shape index (κ3) is 3.27. The second kappa shape index (κ2) is 4.95. The number of phenols is 1. The lowest BCUT2D eigenvalue weighted by molar-refractivity contribution is -0.117. The molecule has 0 heterocycles. The van der Waals surface area contributed by atoms with Crippen molar-refractivity contribution in [3.63, 3.8) is 0 Å². The fourth-order valence-electron chi connectivity index (χ4n) is 1.12. The maximum atomic E-state index is 10.6. The van der Waals surface area contributed by atoms with Crippen molar-refractivity contribution in [2.75, 3.05) is 0 Å². The first kappa shape index (κ1) is 11.0. The molecule has 1 aromatic carbocycles. The van der Waals surface area contributed by atoms with E-state index in [1.165, 1.54) is 12.1 Å². The van der Waals surface area contributed by atoms with E-state index >= 15 is 0 Å². The molecule has 0 aliphatic carbocycles. The highest BCUT2D eigenvalue weighted by molar-refractivity contribution is 5.83. The van der Waals surface area contributed by atoms with Crippen LogP contribution in [0.2, 0.25) is 0 Å². The van der Waals surface area contributed by atoms with Gasteiger partial charge in [0, 0.05) is 12.0 Å². The number of aldehydes is 1. The van der Waals surface area contributed by atoms with Gasteiger partial charge in [0.2, 0.25) is 5.91 Å². The number of carbonyl (C=O) groups is 2. The summed E-state index contributed by atoms with van der Waals surface area (Å²) in [5, 5.41) is 9.13. The molecule has 15 heavy (non-hydrogen) atoms. The van der Waals surface area contributed by atoms with Gasteiger partial charge >= 0.3 is 0 Å². The summed E-state index contributed by atoms with van der Waals surface area (Å²) in [6.07, 6.45) is 3.96. The van der Waals surface area contributed by atoms with Crippen LogP contribution < -0.4 is 5.73 Å². The van der Waals surface area contributed by atoms with Gasteiger partial charge in [0.05, 0.1) is 0 Å². The predicted octanol–water partition coefficient (Wildman–Crippen LogP) is 1.09. The van der Waals surface area contributed by atoms with Crippen molar-refractivity contribution in [2.45, 2.75) is 6.42 Å². The first-order chi connectivity index (χ1) is 7.13. The smallest absolute Gasteiger partial charge is 0.221 e. The molecule has 1 amide bonds.